The number of piperidine rings is 3. The van der Waals surface area contributed by atoms with Crippen LogP contribution in [0.2, 0.25) is 0 Å². The summed E-state index contributed by atoms with van der Waals surface area (Å²) < 4.78 is 1.97. The Bertz CT molecular complexity index is 977. The first-order valence-electron chi connectivity index (χ1n) is 10.3. The van der Waals surface area contributed by atoms with Crippen LogP contribution in [0.3, 0.4) is 0 Å². The predicted molar refractivity (Wildman–Crippen MR) is 118 cm³/mol. The molecule has 3 fully saturated rings. The van der Waals surface area contributed by atoms with Crippen molar-refractivity contribution in [2.45, 2.75) is 36.1 Å². The van der Waals surface area contributed by atoms with Crippen LogP contribution in [0.15, 0.2) is 53.0 Å². The van der Waals surface area contributed by atoms with Crippen LogP contribution in [0, 0.1) is 11.8 Å². The summed E-state index contributed by atoms with van der Waals surface area (Å²) in [6.45, 7) is 2.71. The average molecular weight is 441 g/mol. The van der Waals surface area contributed by atoms with Crippen LogP contribution in [-0.4, -0.2) is 49.9 Å². The minimum atomic E-state index is 0.0486. The number of carbonyl (C=O) groups excluding carboxylic acids is 1. The lowest BCUT2D eigenvalue weighted by Crippen LogP contribution is -2.57. The van der Waals surface area contributed by atoms with Gasteiger partial charge in [-0.25, -0.2) is 4.98 Å². The van der Waals surface area contributed by atoms with Crippen LogP contribution in [0.1, 0.15) is 18.5 Å². The molecule has 1 amide bonds. The van der Waals surface area contributed by atoms with E-state index < -0.39 is 0 Å². The maximum atomic E-state index is 12.7. The number of nitrogens with one attached hydrogen (secondary N) is 1. The third-order valence-electron chi connectivity index (χ3n) is 5.99. The highest BCUT2D eigenvalue weighted by atomic mass is 32.2. The molecular formula is C21H24N6OS2. The molecule has 30 heavy (non-hydrogen) atoms. The van der Waals surface area contributed by atoms with Gasteiger partial charge in [-0.05, 0) is 37.4 Å². The molecule has 0 aliphatic carbocycles. The van der Waals surface area contributed by atoms with E-state index in [0.717, 1.165) is 43.9 Å². The first-order valence-corrected chi connectivity index (χ1v) is 12.1. The number of aromatic nitrogens is 4. The Kier molecular flexibility index (Phi) is 5.83. The fourth-order valence-electron chi connectivity index (χ4n) is 4.49. The molecule has 5 heterocycles. The van der Waals surface area contributed by atoms with Gasteiger partial charge in [-0.3, -0.25) is 14.4 Å². The smallest absolute Gasteiger partial charge is 0.230 e. The summed E-state index contributed by atoms with van der Waals surface area (Å²) >= 11 is 3.24. The minimum absolute atomic E-state index is 0.0486. The molecule has 1 unspecified atom stereocenters. The zero-order valence-electron chi connectivity index (χ0n) is 16.6. The number of anilines is 1. The van der Waals surface area contributed by atoms with Crippen LogP contribution in [0.25, 0.3) is 0 Å². The number of benzene rings is 1. The van der Waals surface area contributed by atoms with Gasteiger partial charge in [0.2, 0.25) is 5.91 Å². The molecule has 3 aliphatic heterocycles. The van der Waals surface area contributed by atoms with Gasteiger partial charge in [0.05, 0.1) is 18.2 Å². The predicted octanol–water partition coefficient (Wildman–Crippen LogP) is 3.38. The number of fused-ring (bicyclic) bond motifs is 3. The van der Waals surface area contributed by atoms with Gasteiger partial charge in [0, 0.05) is 41.0 Å². The second-order valence-electron chi connectivity index (χ2n) is 7.90. The molecule has 0 radical (unpaired) electrons. The zero-order valence-corrected chi connectivity index (χ0v) is 18.2. The summed E-state index contributed by atoms with van der Waals surface area (Å²) in [4.78, 5) is 20.6. The first-order chi connectivity index (χ1) is 14.7. The molecule has 6 rings (SSSR count). The first kappa shape index (κ1) is 19.7. The molecule has 7 nitrogen and oxygen atoms in total. The SMILES string of the molecule is O=C(Nc1nccs1)[C@H]1CN2CC[C@H]1C[C@@H]2Cn1cc(CSc2ccccc2)nn1. The van der Waals surface area contributed by atoms with Crippen molar-refractivity contribution in [3.05, 3.63) is 53.8 Å². The van der Waals surface area contributed by atoms with E-state index in [-0.39, 0.29) is 11.8 Å². The normalized spacial score (nSPS) is 25.3. The van der Waals surface area contributed by atoms with Crippen molar-refractivity contribution in [2.24, 2.45) is 11.8 Å². The molecule has 2 aromatic heterocycles. The summed E-state index contributed by atoms with van der Waals surface area (Å²) in [6, 6.07) is 10.8. The van der Waals surface area contributed by atoms with Gasteiger partial charge in [0.25, 0.3) is 0 Å². The topological polar surface area (TPSA) is 75.9 Å². The number of carbonyl (C=O) groups is 1. The van der Waals surface area contributed by atoms with Crippen molar-refractivity contribution < 1.29 is 4.79 Å². The number of hydrogen-bond donors (Lipinski definition) is 1. The Hall–Kier alpha value is -2.23. The van der Waals surface area contributed by atoms with Crippen molar-refractivity contribution in [1.29, 1.82) is 0 Å². The molecular weight excluding hydrogens is 416 g/mol. The zero-order chi connectivity index (χ0) is 20.3. The van der Waals surface area contributed by atoms with E-state index in [1.807, 2.05) is 16.1 Å². The molecule has 156 valence electrons. The fraction of sp³-hybridized carbons (Fsp3) is 0.429. The van der Waals surface area contributed by atoms with E-state index >= 15 is 0 Å². The third-order valence-corrected chi connectivity index (χ3v) is 7.73. The van der Waals surface area contributed by atoms with Gasteiger partial charge in [-0.15, -0.1) is 28.2 Å². The highest BCUT2D eigenvalue weighted by molar-refractivity contribution is 7.98. The lowest BCUT2D eigenvalue weighted by atomic mass is 9.75. The van der Waals surface area contributed by atoms with Gasteiger partial charge in [-0.2, -0.15) is 0 Å². The summed E-state index contributed by atoms with van der Waals surface area (Å²) in [6.07, 6.45) is 5.90. The Morgan fingerprint density at radius 1 is 1.30 bits per heavy atom. The number of rotatable bonds is 7. The van der Waals surface area contributed by atoms with Gasteiger partial charge in [0.1, 0.15) is 0 Å². The number of thioether (sulfide) groups is 1. The van der Waals surface area contributed by atoms with Crippen molar-refractivity contribution in [1.82, 2.24) is 24.9 Å². The van der Waals surface area contributed by atoms with E-state index in [9.17, 15) is 4.79 Å². The number of thiazole rings is 1. The lowest BCUT2D eigenvalue weighted by Gasteiger charge is -2.49. The third kappa shape index (κ3) is 4.43. The highest BCUT2D eigenvalue weighted by Gasteiger charge is 2.43. The van der Waals surface area contributed by atoms with Gasteiger partial charge in [-0.1, -0.05) is 23.4 Å². The van der Waals surface area contributed by atoms with Crippen LogP contribution in [-0.2, 0) is 17.1 Å². The Labute approximate surface area is 183 Å². The largest absolute Gasteiger partial charge is 0.302 e. The molecule has 4 atom stereocenters. The molecule has 3 aromatic rings. The van der Waals surface area contributed by atoms with Crippen LogP contribution in [0.4, 0.5) is 5.13 Å². The highest BCUT2D eigenvalue weighted by Crippen LogP contribution is 2.37. The molecule has 2 bridgehead atoms. The summed E-state index contributed by atoms with van der Waals surface area (Å²) in [5.74, 6) is 1.41. The minimum Gasteiger partial charge on any atom is -0.302 e. The second-order valence-corrected chi connectivity index (χ2v) is 9.84. The van der Waals surface area contributed by atoms with Gasteiger partial charge < -0.3 is 5.32 Å². The van der Waals surface area contributed by atoms with Crippen molar-refractivity contribution in [3.8, 4) is 0 Å². The quantitative estimate of drug-likeness (QED) is 0.568. The van der Waals surface area contributed by atoms with Crippen molar-refractivity contribution in [2.75, 3.05) is 18.4 Å². The van der Waals surface area contributed by atoms with Crippen LogP contribution in [0.5, 0.6) is 0 Å². The summed E-state index contributed by atoms with van der Waals surface area (Å²) in [7, 11) is 0. The summed E-state index contributed by atoms with van der Waals surface area (Å²) in [5, 5.41) is 14.3. The number of hydrogen-bond acceptors (Lipinski definition) is 7. The van der Waals surface area contributed by atoms with Crippen molar-refractivity contribution >= 4 is 34.1 Å². The van der Waals surface area contributed by atoms with Gasteiger partial charge >= 0.3 is 0 Å². The standard InChI is InChI=1S/C21H24N6OS2/c28-20(23-21-22-7-9-29-21)19-13-26-8-6-15(19)10-17(26)12-27-11-16(24-25-27)14-30-18-4-2-1-3-5-18/h1-5,7,9,11,15,17,19H,6,8,10,12-14H2,(H,22,23,28)/t15-,17+,19-/m0/s1. The Morgan fingerprint density at radius 3 is 2.97 bits per heavy atom. The van der Waals surface area contributed by atoms with Crippen molar-refractivity contribution in [3.63, 3.8) is 0 Å². The molecule has 3 saturated heterocycles. The maximum absolute atomic E-state index is 12.7. The number of nitrogens with zero attached hydrogens (tertiary/aromatic N) is 5. The Balaban J connectivity index is 1.16. The summed E-state index contributed by atoms with van der Waals surface area (Å²) in [5.41, 5.74) is 1.00. The molecule has 0 spiro atoms. The van der Waals surface area contributed by atoms with E-state index in [1.165, 1.54) is 16.2 Å². The fourth-order valence-corrected chi connectivity index (χ4v) is 5.82. The van der Waals surface area contributed by atoms with E-state index in [1.54, 1.807) is 18.0 Å². The molecule has 0 saturated carbocycles. The number of amides is 1. The molecule has 3 aliphatic rings. The molecule has 9 heteroatoms. The lowest BCUT2D eigenvalue weighted by molar-refractivity contribution is -0.127. The Morgan fingerprint density at radius 2 is 2.20 bits per heavy atom. The monoisotopic (exact) mass is 440 g/mol. The average Bonchev–Trinajstić information content (AvgIpc) is 3.45. The maximum Gasteiger partial charge on any atom is 0.230 e. The molecule has 1 aromatic carbocycles. The second kappa shape index (κ2) is 8.87. The van der Waals surface area contributed by atoms with E-state index in [2.05, 4.69) is 56.0 Å². The van der Waals surface area contributed by atoms with Crippen LogP contribution >= 0.6 is 23.1 Å². The molecule has 1 N–H and O–H groups in total. The van der Waals surface area contributed by atoms with E-state index in [0.29, 0.717) is 17.1 Å². The van der Waals surface area contributed by atoms with Gasteiger partial charge in [0.15, 0.2) is 5.13 Å². The van der Waals surface area contributed by atoms with Crippen LogP contribution < -0.4 is 5.32 Å². The van der Waals surface area contributed by atoms with E-state index in [4.69, 9.17) is 0 Å².